The summed E-state index contributed by atoms with van der Waals surface area (Å²) in [5.74, 6) is -0.0724. The summed E-state index contributed by atoms with van der Waals surface area (Å²) in [6.07, 6.45) is 9.34. The molecule has 7 nitrogen and oxygen atoms in total. The van der Waals surface area contributed by atoms with E-state index in [0.717, 1.165) is 44.9 Å². The van der Waals surface area contributed by atoms with Crippen LogP contribution in [-0.4, -0.2) is 46.6 Å². The molecule has 0 aromatic heterocycles. The molecule has 3 saturated carbocycles. The largest absolute Gasteiger partial charge is 0.480 e. The van der Waals surface area contributed by atoms with Gasteiger partial charge in [0, 0.05) is 24.0 Å². The second-order valence-electron chi connectivity index (χ2n) is 11.2. The van der Waals surface area contributed by atoms with Crippen molar-refractivity contribution in [2.75, 3.05) is 5.75 Å². The molecule has 188 valence electrons. The summed E-state index contributed by atoms with van der Waals surface area (Å²) in [7, 11) is 0. The van der Waals surface area contributed by atoms with Gasteiger partial charge in [0.1, 0.15) is 12.1 Å². The predicted molar refractivity (Wildman–Crippen MR) is 129 cm³/mol. The number of carboxylic acids is 1. The molecule has 0 radical (unpaired) electrons. The molecule has 0 heterocycles. The monoisotopic (exact) mass is 491 g/mol. The SMILES string of the molecule is C[C@]12CC[C@H]3[C@H](CCC4=CC(=O)CC[C@@]43C)[C@@H]1CC[C@@H]2OC(=O)CCC(=O)N[C@@H](CS)C(=O)O. The lowest BCUT2D eigenvalue weighted by molar-refractivity contribution is -0.160. The van der Waals surface area contributed by atoms with Crippen LogP contribution in [0, 0.1) is 28.6 Å². The maximum Gasteiger partial charge on any atom is 0.327 e. The van der Waals surface area contributed by atoms with E-state index in [2.05, 4.69) is 31.8 Å². The van der Waals surface area contributed by atoms with E-state index in [1.165, 1.54) is 5.57 Å². The Hall–Kier alpha value is -1.83. The molecule has 4 aliphatic carbocycles. The quantitative estimate of drug-likeness (QED) is 0.370. The van der Waals surface area contributed by atoms with Crippen LogP contribution in [0.1, 0.15) is 78.1 Å². The molecule has 4 aliphatic rings. The van der Waals surface area contributed by atoms with E-state index in [1.54, 1.807) is 0 Å². The second-order valence-corrected chi connectivity index (χ2v) is 11.6. The molecular weight excluding hydrogens is 454 g/mol. The number of rotatable bonds is 7. The van der Waals surface area contributed by atoms with E-state index in [-0.39, 0.29) is 41.3 Å². The van der Waals surface area contributed by atoms with E-state index in [1.807, 2.05) is 6.08 Å². The number of aliphatic carboxylic acids is 1. The molecule has 0 aliphatic heterocycles. The number of ketones is 1. The lowest BCUT2D eigenvalue weighted by Gasteiger charge is -2.57. The predicted octanol–water partition coefficient (Wildman–Crippen LogP) is 3.71. The lowest BCUT2D eigenvalue weighted by atomic mass is 9.47. The van der Waals surface area contributed by atoms with Crippen LogP contribution in [0.15, 0.2) is 11.6 Å². The first-order valence-corrected chi connectivity index (χ1v) is 13.3. The van der Waals surface area contributed by atoms with Crippen LogP contribution in [0.3, 0.4) is 0 Å². The maximum absolute atomic E-state index is 12.6. The van der Waals surface area contributed by atoms with Crippen molar-refractivity contribution >= 4 is 36.3 Å². The minimum absolute atomic E-state index is 0.0118. The van der Waals surface area contributed by atoms with Crippen molar-refractivity contribution in [3.8, 4) is 0 Å². The molecule has 3 fully saturated rings. The third-order valence-electron chi connectivity index (χ3n) is 9.52. The number of thiol groups is 1. The zero-order valence-corrected chi connectivity index (χ0v) is 21.1. The molecule has 0 saturated heterocycles. The molecule has 0 spiro atoms. The van der Waals surface area contributed by atoms with Crippen LogP contribution >= 0.6 is 12.6 Å². The average molecular weight is 492 g/mol. The molecule has 1 amide bonds. The summed E-state index contributed by atoms with van der Waals surface area (Å²) in [6.45, 7) is 4.64. The summed E-state index contributed by atoms with van der Waals surface area (Å²) in [5.41, 5.74) is 1.43. The fourth-order valence-electron chi connectivity index (χ4n) is 7.59. The molecule has 4 rings (SSSR count). The van der Waals surface area contributed by atoms with Crippen molar-refractivity contribution in [2.45, 2.75) is 90.2 Å². The lowest BCUT2D eigenvalue weighted by Crippen LogP contribution is -2.51. The van der Waals surface area contributed by atoms with Gasteiger partial charge in [0.05, 0.1) is 6.42 Å². The van der Waals surface area contributed by atoms with Crippen molar-refractivity contribution in [1.82, 2.24) is 5.32 Å². The first-order valence-electron chi connectivity index (χ1n) is 12.6. The van der Waals surface area contributed by atoms with Crippen LogP contribution in [0.5, 0.6) is 0 Å². The second kappa shape index (κ2) is 9.67. The molecule has 8 heteroatoms. The van der Waals surface area contributed by atoms with Crippen molar-refractivity contribution in [1.29, 1.82) is 0 Å². The number of carbonyl (C=O) groups excluding carboxylic acids is 3. The van der Waals surface area contributed by atoms with Gasteiger partial charge in [-0.05, 0) is 74.2 Å². The first-order chi connectivity index (χ1) is 16.1. The number of hydrogen-bond donors (Lipinski definition) is 3. The Balaban J connectivity index is 1.35. The van der Waals surface area contributed by atoms with Crippen LogP contribution in [-0.2, 0) is 23.9 Å². The molecule has 2 N–H and O–H groups in total. The molecule has 34 heavy (non-hydrogen) atoms. The Kier molecular flexibility index (Phi) is 7.19. The van der Waals surface area contributed by atoms with E-state index in [0.29, 0.717) is 24.2 Å². The number of amides is 1. The van der Waals surface area contributed by atoms with E-state index >= 15 is 0 Å². The van der Waals surface area contributed by atoms with Crippen molar-refractivity contribution < 1.29 is 29.0 Å². The Labute approximate surface area is 206 Å². The fraction of sp³-hybridized carbons (Fsp3) is 0.769. The molecule has 0 aromatic carbocycles. The van der Waals surface area contributed by atoms with Gasteiger partial charge >= 0.3 is 11.9 Å². The minimum Gasteiger partial charge on any atom is -0.480 e. The zero-order valence-electron chi connectivity index (χ0n) is 20.2. The van der Waals surface area contributed by atoms with Crippen LogP contribution in [0.4, 0.5) is 0 Å². The number of esters is 1. The van der Waals surface area contributed by atoms with E-state index in [9.17, 15) is 19.2 Å². The number of allylic oxidation sites excluding steroid dienone is 1. The summed E-state index contributed by atoms with van der Waals surface area (Å²) in [5, 5.41) is 11.4. The van der Waals surface area contributed by atoms with Gasteiger partial charge in [-0.15, -0.1) is 0 Å². The number of fused-ring (bicyclic) bond motifs is 5. The summed E-state index contributed by atoms with van der Waals surface area (Å²) in [4.78, 5) is 47.7. The van der Waals surface area contributed by atoms with Crippen LogP contribution < -0.4 is 5.32 Å². The third-order valence-corrected chi connectivity index (χ3v) is 9.89. The van der Waals surface area contributed by atoms with Gasteiger partial charge < -0.3 is 15.2 Å². The van der Waals surface area contributed by atoms with Gasteiger partial charge in [0.2, 0.25) is 5.91 Å². The topological polar surface area (TPSA) is 110 Å². The highest BCUT2D eigenvalue weighted by Gasteiger charge is 2.59. The van der Waals surface area contributed by atoms with Crippen LogP contribution in [0.2, 0.25) is 0 Å². The van der Waals surface area contributed by atoms with Crippen molar-refractivity contribution in [2.24, 2.45) is 28.6 Å². The van der Waals surface area contributed by atoms with Crippen molar-refractivity contribution in [3.05, 3.63) is 11.6 Å². The summed E-state index contributed by atoms with van der Waals surface area (Å²) in [6, 6.07) is -1.06. The third kappa shape index (κ3) is 4.54. The molecular formula is C26H37NO6S. The normalized spacial score (nSPS) is 37.5. The van der Waals surface area contributed by atoms with E-state index in [4.69, 9.17) is 9.84 Å². The summed E-state index contributed by atoms with van der Waals surface area (Å²) >= 11 is 3.93. The Bertz CT molecular complexity index is 902. The molecule has 0 unspecified atom stereocenters. The average Bonchev–Trinajstić information content (AvgIpc) is 3.12. The highest BCUT2D eigenvalue weighted by molar-refractivity contribution is 7.80. The summed E-state index contributed by atoms with van der Waals surface area (Å²) < 4.78 is 5.93. The van der Waals surface area contributed by atoms with E-state index < -0.39 is 23.9 Å². The maximum atomic E-state index is 12.6. The van der Waals surface area contributed by atoms with Gasteiger partial charge in [-0.25, -0.2) is 4.79 Å². The molecule has 7 atom stereocenters. The molecule has 0 bridgehead atoms. The minimum atomic E-state index is -1.15. The number of carboxylic acid groups (broad SMARTS) is 1. The smallest absolute Gasteiger partial charge is 0.327 e. The van der Waals surface area contributed by atoms with Gasteiger partial charge in [0.15, 0.2) is 5.78 Å². The number of ether oxygens (including phenoxy) is 1. The molecule has 0 aromatic rings. The Morgan fingerprint density at radius 1 is 1.12 bits per heavy atom. The number of hydrogen-bond acceptors (Lipinski definition) is 6. The Morgan fingerprint density at radius 3 is 2.59 bits per heavy atom. The van der Waals surface area contributed by atoms with Crippen molar-refractivity contribution in [3.63, 3.8) is 0 Å². The first kappa shape index (κ1) is 25.3. The highest BCUT2D eigenvalue weighted by atomic mass is 32.1. The number of nitrogens with one attached hydrogen (secondary N) is 1. The Morgan fingerprint density at radius 2 is 1.88 bits per heavy atom. The fourth-order valence-corrected chi connectivity index (χ4v) is 7.84. The highest BCUT2D eigenvalue weighted by Crippen LogP contribution is 2.65. The number of carbonyl (C=O) groups is 4. The standard InChI is InChI=1S/C26H37NO6S/c1-25-11-9-16(28)13-15(25)3-4-17-18-5-6-21(26(18,2)12-10-19(17)25)33-23(30)8-7-22(29)27-20(14-34)24(31)32/h13,17-21,34H,3-12,14H2,1-2H3,(H,27,29)(H,31,32)/t17-,18+,19+,20+,21+,25+,26+/m1/s1. The van der Waals surface area contributed by atoms with Gasteiger partial charge in [-0.3, -0.25) is 14.4 Å². The van der Waals surface area contributed by atoms with Gasteiger partial charge in [-0.1, -0.05) is 19.4 Å². The van der Waals surface area contributed by atoms with Crippen LogP contribution in [0.25, 0.3) is 0 Å². The van der Waals surface area contributed by atoms with Gasteiger partial charge in [-0.2, -0.15) is 12.6 Å². The zero-order chi connectivity index (χ0) is 24.7. The van der Waals surface area contributed by atoms with Gasteiger partial charge in [0.25, 0.3) is 0 Å².